The zero-order valence-electron chi connectivity index (χ0n) is 29.0. The van der Waals surface area contributed by atoms with Gasteiger partial charge in [-0.05, 0) is 72.4 Å². The Morgan fingerprint density at radius 2 is 1.28 bits per heavy atom. The van der Waals surface area contributed by atoms with E-state index in [0.29, 0.717) is 0 Å². The van der Waals surface area contributed by atoms with E-state index in [1.54, 1.807) is 0 Å². The van der Waals surface area contributed by atoms with E-state index >= 15 is 0 Å². The van der Waals surface area contributed by atoms with E-state index in [4.69, 9.17) is 18.3 Å². The number of para-hydroxylation sites is 3. The van der Waals surface area contributed by atoms with Crippen molar-refractivity contribution in [1.29, 1.82) is 0 Å². The first-order chi connectivity index (χ1) is 26.3. The molecule has 0 amide bonds. The summed E-state index contributed by atoms with van der Waals surface area (Å²) in [6.07, 6.45) is 10.0. The van der Waals surface area contributed by atoms with Crippen molar-refractivity contribution in [2.45, 2.75) is 43.4 Å². The molecule has 4 aliphatic rings. The molecule has 2 unspecified atom stereocenters. The third kappa shape index (κ3) is 4.01. The van der Waals surface area contributed by atoms with Crippen LogP contribution in [0.1, 0.15) is 58.8 Å². The van der Waals surface area contributed by atoms with Gasteiger partial charge in [-0.25, -0.2) is 0 Å². The first-order valence-corrected chi connectivity index (χ1v) is 18.8. The molecule has 0 saturated heterocycles. The smallest absolute Gasteiger partial charge is 0.136 e. The van der Waals surface area contributed by atoms with Gasteiger partial charge < -0.3 is 18.3 Å². The standard InChI is InChI=1S/C49H34O4/c1-5-17-39-33(11-1)47-31(13-9-21-43(47)50-39)29-23-25-37-45(27-29)52-41-19-7-3-15-35(41)49(37)36-16-4-8-20-42(36)53-46-28-30(24-26-38(46)49)32-14-10-22-44-48(32)34-12-2-6-18-40(34)51-44/h1,3-5,7-11,13-17,19-27,30H,2,6,12,18,28H2. The van der Waals surface area contributed by atoms with Crippen LogP contribution >= 0.6 is 0 Å². The van der Waals surface area contributed by atoms with Crippen molar-refractivity contribution < 1.29 is 18.3 Å². The lowest BCUT2D eigenvalue weighted by Gasteiger charge is -2.46. The predicted octanol–water partition coefficient (Wildman–Crippen LogP) is 12.7. The summed E-state index contributed by atoms with van der Waals surface area (Å²) in [4.78, 5) is 0. The van der Waals surface area contributed by atoms with Crippen LogP contribution in [0.5, 0.6) is 17.2 Å². The molecule has 0 N–H and O–H groups in total. The summed E-state index contributed by atoms with van der Waals surface area (Å²) in [5.74, 6) is 4.93. The van der Waals surface area contributed by atoms with Gasteiger partial charge in [0.2, 0.25) is 0 Å². The summed E-state index contributed by atoms with van der Waals surface area (Å²) >= 11 is 0. The molecule has 8 aromatic rings. The lowest BCUT2D eigenvalue weighted by atomic mass is 9.60. The minimum absolute atomic E-state index is 0.158. The molecule has 0 bridgehead atoms. The average Bonchev–Trinajstić information content (AvgIpc) is 3.79. The van der Waals surface area contributed by atoms with E-state index < -0.39 is 5.41 Å². The van der Waals surface area contributed by atoms with E-state index in [0.717, 1.165) is 97.6 Å². The van der Waals surface area contributed by atoms with E-state index in [1.165, 1.54) is 40.7 Å². The molecule has 2 aromatic heterocycles. The van der Waals surface area contributed by atoms with Crippen molar-refractivity contribution in [3.05, 3.63) is 184 Å². The van der Waals surface area contributed by atoms with Gasteiger partial charge in [-0.15, -0.1) is 0 Å². The highest BCUT2D eigenvalue weighted by atomic mass is 16.5. The maximum Gasteiger partial charge on any atom is 0.136 e. The van der Waals surface area contributed by atoms with Gasteiger partial charge in [0.1, 0.15) is 45.5 Å². The molecule has 0 fully saturated rings. The molecule has 4 heteroatoms. The van der Waals surface area contributed by atoms with Crippen LogP contribution in [0.3, 0.4) is 0 Å². The summed E-state index contributed by atoms with van der Waals surface area (Å²) in [7, 11) is 0. The van der Waals surface area contributed by atoms with Crippen molar-refractivity contribution in [3.63, 3.8) is 0 Å². The normalized spacial score (nSPS) is 19.7. The number of rotatable bonds is 2. The molecule has 254 valence electrons. The lowest BCUT2D eigenvalue weighted by molar-refractivity contribution is 0.345. The Morgan fingerprint density at radius 3 is 2.17 bits per heavy atom. The molecule has 12 rings (SSSR count). The molecular weight excluding hydrogens is 653 g/mol. The molecule has 2 aliphatic carbocycles. The minimum atomic E-state index is -0.635. The van der Waals surface area contributed by atoms with Gasteiger partial charge in [0.05, 0.1) is 5.41 Å². The highest BCUT2D eigenvalue weighted by Gasteiger charge is 2.52. The van der Waals surface area contributed by atoms with E-state index in [1.807, 2.05) is 12.1 Å². The molecule has 53 heavy (non-hydrogen) atoms. The fraction of sp³-hybridized carbons (Fsp3) is 0.143. The second kappa shape index (κ2) is 10.9. The van der Waals surface area contributed by atoms with Crippen LogP contribution < -0.4 is 9.47 Å². The van der Waals surface area contributed by atoms with Gasteiger partial charge in [-0.1, -0.05) is 103 Å². The van der Waals surface area contributed by atoms with Gasteiger partial charge in [0, 0.05) is 62.7 Å². The lowest BCUT2D eigenvalue weighted by Crippen LogP contribution is -2.39. The van der Waals surface area contributed by atoms with Gasteiger partial charge in [-0.2, -0.15) is 0 Å². The third-order valence-corrected chi connectivity index (χ3v) is 12.1. The van der Waals surface area contributed by atoms with Crippen LogP contribution in [0.25, 0.3) is 44.0 Å². The fourth-order valence-corrected chi connectivity index (χ4v) is 9.93. The number of fused-ring (bicyclic) bond motifs is 13. The largest absolute Gasteiger partial charge is 0.461 e. The Balaban J connectivity index is 1.06. The monoisotopic (exact) mass is 686 g/mol. The zero-order valence-corrected chi connectivity index (χ0v) is 29.0. The van der Waals surface area contributed by atoms with Crippen LogP contribution in [-0.2, 0) is 18.3 Å². The quantitative estimate of drug-likeness (QED) is 0.182. The Bertz CT molecular complexity index is 2900. The van der Waals surface area contributed by atoms with Crippen molar-refractivity contribution in [2.75, 3.05) is 0 Å². The van der Waals surface area contributed by atoms with Gasteiger partial charge >= 0.3 is 0 Å². The van der Waals surface area contributed by atoms with Crippen LogP contribution in [0.15, 0.2) is 160 Å². The maximum atomic E-state index is 6.98. The molecule has 6 aromatic carbocycles. The summed E-state index contributed by atoms with van der Waals surface area (Å²) in [5, 5.41) is 3.53. The van der Waals surface area contributed by atoms with Crippen molar-refractivity contribution in [1.82, 2.24) is 0 Å². The third-order valence-electron chi connectivity index (χ3n) is 12.1. The Morgan fingerprint density at radius 1 is 0.566 bits per heavy atom. The number of benzene rings is 6. The number of hydrogen-bond donors (Lipinski definition) is 0. The first-order valence-electron chi connectivity index (χ1n) is 18.8. The van der Waals surface area contributed by atoms with Crippen LogP contribution in [-0.4, -0.2) is 0 Å². The highest BCUT2D eigenvalue weighted by molar-refractivity contribution is 6.12. The van der Waals surface area contributed by atoms with Gasteiger partial charge in [0.15, 0.2) is 0 Å². The Labute approximate surface area is 306 Å². The van der Waals surface area contributed by atoms with Crippen LogP contribution in [0, 0.1) is 0 Å². The first kappa shape index (κ1) is 29.3. The summed E-state index contributed by atoms with van der Waals surface area (Å²) < 4.78 is 26.6. The van der Waals surface area contributed by atoms with Gasteiger partial charge in [0.25, 0.3) is 0 Å². The number of allylic oxidation sites excluding steroid dienone is 4. The SMILES string of the molecule is C1=CC(c2cccc3oc4c(c23)CCCC4)CC2=C1C1(c3ccccc3O2)c2ccccc2Oc2cc(-c3cccc4oc5ccccc5c34)ccc21. The zero-order chi connectivity index (χ0) is 34.7. The molecule has 2 aliphatic heterocycles. The number of hydrogen-bond acceptors (Lipinski definition) is 4. The van der Waals surface area contributed by atoms with Crippen molar-refractivity contribution >= 4 is 32.9 Å². The van der Waals surface area contributed by atoms with Crippen molar-refractivity contribution in [2.24, 2.45) is 0 Å². The van der Waals surface area contributed by atoms with E-state index in [9.17, 15) is 0 Å². The number of ether oxygens (including phenoxy) is 2. The van der Waals surface area contributed by atoms with E-state index in [2.05, 4.69) is 127 Å². The van der Waals surface area contributed by atoms with Crippen molar-refractivity contribution in [3.8, 4) is 28.4 Å². The summed E-state index contributed by atoms with van der Waals surface area (Å²) in [6.45, 7) is 0. The summed E-state index contributed by atoms with van der Waals surface area (Å²) in [6, 6.07) is 45.0. The molecule has 0 radical (unpaired) electrons. The Kier molecular flexibility index (Phi) is 6.02. The van der Waals surface area contributed by atoms with Crippen LogP contribution in [0.4, 0.5) is 0 Å². The molecule has 4 nitrogen and oxygen atoms in total. The minimum Gasteiger partial charge on any atom is -0.461 e. The highest BCUT2D eigenvalue weighted by Crippen LogP contribution is 2.62. The van der Waals surface area contributed by atoms with Gasteiger partial charge in [-0.3, -0.25) is 0 Å². The molecule has 1 spiro atoms. The Hall–Kier alpha value is -6.26. The predicted molar refractivity (Wildman–Crippen MR) is 209 cm³/mol. The molecule has 2 atom stereocenters. The summed E-state index contributed by atoms with van der Waals surface area (Å²) in [5.41, 5.74) is 11.6. The molecule has 4 heterocycles. The molecule has 0 saturated carbocycles. The van der Waals surface area contributed by atoms with E-state index in [-0.39, 0.29) is 5.92 Å². The second-order valence-corrected chi connectivity index (χ2v) is 14.9. The average molecular weight is 687 g/mol. The second-order valence-electron chi connectivity index (χ2n) is 14.9. The number of furan rings is 2. The van der Waals surface area contributed by atoms with Crippen LogP contribution in [0.2, 0.25) is 0 Å². The maximum absolute atomic E-state index is 6.98. The number of aryl methyl sites for hydroxylation is 2. The topological polar surface area (TPSA) is 44.7 Å². The fourth-order valence-electron chi connectivity index (χ4n) is 9.93. The molecular formula is C49H34O4.